The lowest BCUT2D eigenvalue weighted by molar-refractivity contribution is -0.164. The molecule has 0 spiro atoms. The van der Waals surface area contributed by atoms with Crippen LogP contribution in [0.15, 0.2) is 102 Å². The number of aryl methyl sites for hydroxylation is 1. The van der Waals surface area contributed by atoms with E-state index in [1.807, 2.05) is 63.2 Å². The van der Waals surface area contributed by atoms with Gasteiger partial charge in [-0.25, -0.2) is 18.0 Å². The van der Waals surface area contributed by atoms with E-state index in [4.69, 9.17) is 29.4 Å². The van der Waals surface area contributed by atoms with Gasteiger partial charge in [0.15, 0.2) is 18.1 Å². The molecule has 0 aromatic heterocycles. The zero-order valence-electron chi connectivity index (χ0n) is 44.3. The smallest absolute Gasteiger partial charge is 0.407 e. The summed E-state index contributed by atoms with van der Waals surface area (Å²) in [5.41, 5.74) is 7.60. The van der Waals surface area contributed by atoms with Crippen LogP contribution in [-0.4, -0.2) is 124 Å². The van der Waals surface area contributed by atoms with Gasteiger partial charge in [-0.1, -0.05) is 83.1 Å². The number of methoxy groups -OCH3 is 2. The van der Waals surface area contributed by atoms with Crippen molar-refractivity contribution in [2.45, 2.75) is 115 Å². The zero-order chi connectivity index (χ0) is 54.7. The molecule has 19 heteroatoms. The maximum Gasteiger partial charge on any atom is 0.407 e. The number of benzene rings is 4. The normalized spacial score (nSPS) is 15.1. The van der Waals surface area contributed by atoms with Crippen LogP contribution in [0.1, 0.15) is 95.9 Å². The molecule has 5 N–H and O–H groups in total. The highest BCUT2D eigenvalue weighted by molar-refractivity contribution is 7.89. The molecule has 75 heavy (non-hydrogen) atoms. The van der Waals surface area contributed by atoms with Gasteiger partial charge in [0.05, 0.1) is 37.9 Å². The monoisotopic (exact) mass is 1060 g/mol. The Morgan fingerprint density at radius 3 is 2.28 bits per heavy atom. The van der Waals surface area contributed by atoms with Gasteiger partial charge in [0.2, 0.25) is 15.8 Å². The summed E-state index contributed by atoms with van der Waals surface area (Å²) >= 11 is 0. The number of hydrogen-bond acceptors (Lipinski definition) is 14. The number of ketones is 1. The van der Waals surface area contributed by atoms with Gasteiger partial charge in [-0.2, -0.15) is 4.31 Å². The number of anilines is 1. The van der Waals surface area contributed by atoms with Crippen LogP contribution >= 0.6 is 0 Å². The number of aliphatic hydroxyl groups is 1. The fourth-order valence-corrected chi connectivity index (χ4v) is 10.1. The molecule has 4 atom stereocenters. The number of nitrogens with one attached hydrogen (secondary N) is 2. The molecule has 4 aromatic rings. The Bertz CT molecular complexity index is 2630. The van der Waals surface area contributed by atoms with Crippen LogP contribution in [0.4, 0.5) is 10.5 Å². The van der Waals surface area contributed by atoms with Crippen molar-refractivity contribution in [3.8, 4) is 17.2 Å². The van der Waals surface area contributed by atoms with E-state index in [9.17, 15) is 37.5 Å². The predicted molar refractivity (Wildman–Crippen MR) is 284 cm³/mol. The van der Waals surface area contributed by atoms with Gasteiger partial charge < -0.3 is 50.1 Å². The van der Waals surface area contributed by atoms with Crippen LogP contribution in [0.2, 0.25) is 0 Å². The van der Waals surface area contributed by atoms with E-state index in [2.05, 4.69) is 10.6 Å². The number of piperidine rings is 1. The first-order valence-electron chi connectivity index (χ1n) is 25.5. The molecular weight excluding hydrogens is 983 g/mol. The summed E-state index contributed by atoms with van der Waals surface area (Å²) < 4.78 is 57.2. The summed E-state index contributed by atoms with van der Waals surface area (Å²) in [6.45, 7) is 8.78. The van der Waals surface area contributed by atoms with Gasteiger partial charge >= 0.3 is 12.1 Å². The first-order chi connectivity index (χ1) is 35.8. The summed E-state index contributed by atoms with van der Waals surface area (Å²) in [6.07, 6.45) is 0.393. The van der Waals surface area contributed by atoms with E-state index < -0.39 is 69.4 Å². The van der Waals surface area contributed by atoms with Crippen LogP contribution in [0.3, 0.4) is 0 Å². The zero-order valence-corrected chi connectivity index (χ0v) is 45.1. The molecule has 1 aliphatic rings. The topological polar surface area (TPSA) is 242 Å². The second kappa shape index (κ2) is 28.3. The standard InChI is InChI=1S/C56H75N5O13S/c1-8-56(4,5)52(64)53(65)61-30-13-12-20-46(61)54(66)74-48(27-21-40-22-28-49(70-6)50(33-40)71-7)41-18-14-19-43(34-41)73-37-51(63)58-29-15-31-72-55(67)59-45(32-39-16-10-9-11-17-39)47(62)36-60(35-38(2)3)75(68,69)44-25-23-42(57)24-26-44/h9-11,14,16-19,22-26,28,33-34,38,45-48,62H,8,12-13,15,20-21,27,29-32,35-37,57H2,1-7H3,(H,58,63)(H,59,67)/t45-,46?,47+,48+/m0/s1. The Kier molecular flexibility index (Phi) is 22.3. The maximum atomic E-state index is 14.1. The van der Waals surface area contributed by atoms with E-state index in [1.165, 1.54) is 33.5 Å². The number of carbonyl (C=O) groups excluding carboxylic acids is 5. The lowest BCUT2D eigenvalue weighted by Crippen LogP contribution is -2.53. The minimum atomic E-state index is -4.04. The van der Waals surface area contributed by atoms with Crippen molar-refractivity contribution in [3.05, 3.63) is 114 Å². The average Bonchev–Trinajstić information content (AvgIpc) is 3.40. The lowest BCUT2D eigenvalue weighted by atomic mass is 9.84. The van der Waals surface area contributed by atoms with E-state index in [1.54, 1.807) is 58.4 Å². The fourth-order valence-electron chi connectivity index (χ4n) is 8.46. The van der Waals surface area contributed by atoms with Crippen molar-refractivity contribution in [2.75, 3.05) is 59.3 Å². The number of rotatable bonds is 28. The van der Waals surface area contributed by atoms with Gasteiger partial charge in [0.1, 0.15) is 17.9 Å². The first kappa shape index (κ1) is 59.2. The molecule has 1 unspecified atom stereocenters. The van der Waals surface area contributed by atoms with Gasteiger partial charge in [-0.05, 0) is 123 Å². The highest BCUT2D eigenvalue weighted by atomic mass is 32.2. The molecule has 0 bridgehead atoms. The van der Waals surface area contributed by atoms with Crippen molar-refractivity contribution < 1.29 is 61.2 Å². The van der Waals surface area contributed by atoms with Crippen molar-refractivity contribution in [3.63, 3.8) is 0 Å². The van der Waals surface area contributed by atoms with Gasteiger partial charge in [-0.3, -0.25) is 14.4 Å². The van der Waals surface area contributed by atoms with Crippen LogP contribution in [0.25, 0.3) is 0 Å². The highest BCUT2D eigenvalue weighted by Gasteiger charge is 2.41. The molecule has 18 nitrogen and oxygen atoms in total. The fraction of sp³-hybridized carbons (Fsp3) is 0.482. The Morgan fingerprint density at radius 2 is 1.60 bits per heavy atom. The number of Topliss-reactive ketones (excluding diaryl/α,β-unsaturated/α-hetero) is 1. The first-order valence-corrected chi connectivity index (χ1v) is 27.0. The number of aliphatic hydroxyl groups excluding tert-OH is 1. The third-order valence-corrected chi connectivity index (χ3v) is 15.0. The third kappa shape index (κ3) is 17.4. The minimum Gasteiger partial charge on any atom is -0.493 e. The second-order valence-electron chi connectivity index (χ2n) is 19.7. The second-order valence-corrected chi connectivity index (χ2v) is 21.7. The van der Waals surface area contributed by atoms with Crippen molar-refractivity contribution >= 4 is 45.4 Å². The number of carbonyl (C=O) groups is 5. The van der Waals surface area contributed by atoms with Crippen molar-refractivity contribution in [1.82, 2.24) is 19.8 Å². The summed E-state index contributed by atoms with van der Waals surface area (Å²) in [5.74, 6) is -0.943. The quantitative estimate of drug-likeness (QED) is 0.0198. The minimum absolute atomic E-state index is 0.0263. The van der Waals surface area contributed by atoms with Crippen LogP contribution in [0.5, 0.6) is 17.2 Å². The van der Waals surface area contributed by atoms with Crippen LogP contribution in [-0.2, 0) is 51.5 Å². The number of likely N-dealkylation sites (tertiary alicyclic amines) is 1. The number of nitrogens with two attached hydrogens (primary N) is 1. The van der Waals surface area contributed by atoms with Crippen LogP contribution in [0, 0.1) is 11.3 Å². The number of nitrogens with zero attached hydrogens (tertiary/aromatic N) is 2. The van der Waals surface area contributed by atoms with Gasteiger partial charge in [-0.15, -0.1) is 0 Å². The molecular formula is C56H75N5O13S. The Hall–Kier alpha value is -6.70. The van der Waals surface area contributed by atoms with E-state index in [-0.39, 0.29) is 63.0 Å². The molecule has 0 radical (unpaired) electrons. The van der Waals surface area contributed by atoms with Gasteiger partial charge in [0, 0.05) is 37.3 Å². The number of amides is 3. The molecule has 0 saturated carbocycles. The molecule has 1 heterocycles. The maximum absolute atomic E-state index is 14.1. The Balaban J connectivity index is 1.18. The molecule has 1 saturated heterocycles. The average molecular weight is 1060 g/mol. The van der Waals surface area contributed by atoms with E-state index >= 15 is 0 Å². The van der Waals surface area contributed by atoms with E-state index in [0.717, 1.165) is 11.1 Å². The number of hydrogen-bond donors (Lipinski definition) is 4. The SMILES string of the molecule is CCC(C)(C)C(=O)C(=O)N1CCCCC1C(=O)O[C@H](CCc1ccc(OC)c(OC)c1)c1cccc(OCC(=O)NCCCOC(=O)N[C@@H](Cc2ccccc2)[C@H](O)CN(CC(C)C)S(=O)(=O)c2ccc(N)cc2)c1. The molecule has 5 rings (SSSR count). The molecule has 1 aliphatic heterocycles. The third-order valence-electron chi connectivity index (χ3n) is 13.1. The molecule has 1 fully saturated rings. The van der Waals surface area contributed by atoms with Crippen molar-refractivity contribution in [1.29, 1.82) is 0 Å². The number of alkyl carbamates (subject to hydrolysis) is 1. The molecule has 408 valence electrons. The molecule has 0 aliphatic carbocycles. The summed E-state index contributed by atoms with van der Waals surface area (Å²) in [6, 6.07) is 25.5. The van der Waals surface area contributed by atoms with Gasteiger partial charge in [0.25, 0.3) is 11.8 Å². The Morgan fingerprint density at radius 1 is 0.880 bits per heavy atom. The number of sulfonamides is 1. The number of ether oxygens (including phenoxy) is 5. The Labute approximate surface area is 441 Å². The predicted octanol–water partition coefficient (Wildman–Crippen LogP) is 6.82. The molecule has 4 aromatic carbocycles. The molecule has 3 amide bonds. The van der Waals surface area contributed by atoms with E-state index in [0.29, 0.717) is 67.0 Å². The largest absolute Gasteiger partial charge is 0.493 e. The number of nitrogen functional groups attached to an aromatic ring is 1. The summed E-state index contributed by atoms with van der Waals surface area (Å²) in [5, 5.41) is 17.0. The summed E-state index contributed by atoms with van der Waals surface area (Å²) in [7, 11) is -0.944. The number of esters is 1. The lowest BCUT2D eigenvalue weighted by Gasteiger charge is -2.36. The van der Waals surface area contributed by atoms with Crippen molar-refractivity contribution in [2.24, 2.45) is 11.3 Å². The summed E-state index contributed by atoms with van der Waals surface area (Å²) in [4.78, 5) is 68.4. The van der Waals surface area contributed by atoms with Crippen LogP contribution < -0.4 is 30.6 Å². The highest BCUT2D eigenvalue weighted by Crippen LogP contribution is 2.33.